The number of rotatable bonds is 0. The van der Waals surface area contributed by atoms with E-state index in [1.54, 1.807) is 23.6 Å². The minimum Gasteiger partial charge on any atom is -0.444 e. The number of nitrogens with zero attached hydrogens (tertiary/aromatic N) is 2. The highest BCUT2D eigenvalue weighted by Crippen LogP contribution is 2.43. The van der Waals surface area contributed by atoms with E-state index in [0.29, 0.717) is 13.1 Å². The first-order valence-corrected chi connectivity index (χ1v) is 7.12. The van der Waals surface area contributed by atoms with Crippen LogP contribution in [0, 0.1) is 0 Å². The Balaban J connectivity index is 1.93. The van der Waals surface area contributed by atoms with Crippen LogP contribution in [-0.4, -0.2) is 57.7 Å². The molecule has 0 aromatic carbocycles. The van der Waals surface area contributed by atoms with E-state index < -0.39 is 5.60 Å². The second-order valence-corrected chi connectivity index (χ2v) is 7.26. The van der Waals surface area contributed by atoms with Crippen molar-refractivity contribution in [2.24, 2.45) is 0 Å². The van der Waals surface area contributed by atoms with Crippen LogP contribution in [0.15, 0.2) is 0 Å². The van der Waals surface area contributed by atoms with Crippen LogP contribution in [0.4, 0.5) is 4.79 Å². The van der Waals surface area contributed by atoms with Gasteiger partial charge in [-0.2, -0.15) is 0 Å². The third-order valence-corrected chi connectivity index (χ3v) is 4.49. The summed E-state index contributed by atoms with van der Waals surface area (Å²) in [6, 6.07) is 0. The molecule has 0 unspecified atom stereocenters. The molecular formula is C12H20N2O3S. The van der Waals surface area contributed by atoms with Gasteiger partial charge in [-0.15, -0.1) is 11.8 Å². The Morgan fingerprint density at radius 3 is 2.39 bits per heavy atom. The van der Waals surface area contributed by atoms with E-state index in [2.05, 4.69) is 0 Å². The molecular weight excluding hydrogens is 252 g/mol. The summed E-state index contributed by atoms with van der Waals surface area (Å²) < 4.78 is 5.31. The Morgan fingerprint density at radius 2 is 1.89 bits per heavy atom. The molecule has 0 bridgehead atoms. The molecule has 0 saturated carbocycles. The number of hydrogen-bond acceptors (Lipinski definition) is 4. The van der Waals surface area contributed by atoms with E-state index in [1.165, 1.54) is 0 Å². The Hall–Kier alpha value is -0.910. The third kappa shape index (κ3) is 2.43. The van der Waals surface area contributed by atoms with Gasteiger partial charge in [0.25, 0.3) is 0 Å². The van der Waals surface area contributed by atoms with E-state index in [0.717, 1.165) is 12.3 Å². The first-order valence-electron chi connectivity index (χ1n) is 6.14. The van der Waals surface area contributed by atoms with Gasteiger partial charge in [0.05, 0.1) is 13.1 Å². The van der Waals surface area contributed by atoms with Gasteiger partial charge in [0, 0.05) is 19.2 Å². The number of amides is 2. The van der Waals surface area contributed by atoms with Crippen LogP contribution in [0.1, 0.15) is 27.7 Å². The zero-order valence-corrected chi connectivity index (χ0v) is 12.2. The molecule has 1 spiro atoms. The Morgan fingerprint density at radius 1 is 1.28 bits per heavy atom. The number of ether oxygens (including phenoxy) is 1. The first-order chi connectivity index (χ1) is 8.23. The van der Waals surface area contributed by atoms with Crippen LogP contribution >= 0.6 is 11.8 Å². The van der Waals surface area contributed by atoms with Crippen LogP contribution in [-0.2, 0) is 9.53 Å². The van der Waals surface area contributed by atoms with Crippen LogP contribution in [0.2, 0.25) is 0 Å². The minimum absolute atomic E-state index is 0.0869. The number of thioether (sulfide) groups is 1. The Labute approximate surface area is 112 Å². The molecule has 0 aromatic rings. The fourth-order valence-corrected chi connectivity index (χ4v) is 3.84. The van der Waals surface area contributed by atoms with Crippen molar-refractivity contribution in [2.45, 2.75) is 38.2 Å². The zero-order valence-electron chi connectivity index (χ0n) is 11.4. The fraction of sp³-hybridized carbons (Fsp3) is 0.833. The van der Waals surface area contributed by atoms with Crippen LogP contribution in [0.25, 0.3) is 0 Å². The van der Waals surface area contributed by atoms with Crippen molar-refractivity contribution in [1.82, 2.24) is 9.80 Å². The highest BCUT2D eigenvalue weighted by atomic mass is 32.2. The summed E-state index contributed by atoms with van der Waals surface area (Å²) >= 11 is 1.76. The molecule has 0 aromatic heterocycles. The van der Waals surface area contributed by atoms with Crippen molar-refractivity contribution in [3.05, 3.63) is 0 Å². The van der Waals surface area contributed by atoms with Crippen molar-refractivity contribution < 1.29 is 14.3 Å². The van der Waals surface area contributed by atoms with Gasteiger partial charge in [0.2, 0.25) is 5.91 Å². The van der Waals surface area contributed by atoms with Gasteiger partial charge in [0.1, 0.15) is 10.5 Å². The number of carbonyl (C=O) groups excluding carboxylic acids is 2. The second-order valence-electron chi connectivity index (χ2n) is 5.80. The van der Waals surface area contributed by atoms with Crippen molar-refractivity contribution >= 4 is 23.8 Å². The van der Waals surface area contributed by atoms with Gasteiger partial charge < -0.3 is 14.5 Å². The predicted molar refractivity (Wildman–Crippen MR) is 70.4 cm³/mol. The maximum Gasteiger partial charge on any atom is 0.410 e. The van der Waals surface area contributed by atoms with E-state index in [9.17, 15) is 9.59 Å². The summed E-state index contributed by atoms with van der Waals surface area (Å²) in [7, 11) is 0. The molecule has 2 aliphatic heterocycles. The average Bonchev–Trinajstić information content (AvgIpc) is 2.55. The largest absolute Gasteiger partial charge is 0.444 e. The van der Waals surface area contributed by atoms with Crippen molar-refractivity contribution in [3.8, 4) is 0 Å². The number of carbonyl (C=O) groups is 2. The number of likely N-dealkylation sites (tertiary alicyclic amines) is 1. The first kappa shape index (κ1) is 13.5. The van der Waals surface area contributed by atoms with E-state index in [-0.39, 0.29) is 16.9 Å². The number of hydrogen-bond donors (Lipinski definition) is 0. The standard InChI is InChI=1S/C12H20N2O3S/c1-9(15)14-5-6-18-12(14)7-13(8-12)10(16)17-11(2,3)4/h5-8H2,1-4H3. The van der Waals surface area contributed by atoms with Gasteiger partial charge in [-0.05, 0) is 20.8 Å². The predicted octanol–water partition coefficient (Wildman–Crippen LogP) is 1.53. The molecule has 2 aliphatic rings. The second kappa shape index (κ2) is 4.33. The smallest absolute Gasteiger partial charge is 0.410 e. The summed E-state index contributed by atoms with van der Waals surface area (Å²) in [5.41, 5.74) is -0.469. The molecule has 5 nitrogen and oxygen atoms in total. The topological polar surface area (TPSA) is 49.9 Å². The maximum absolute atomic E-state index is 11.8. The van der Waals surface area contributed by atoms with Crippen LogP contribution < -0.4 is 0 Å². The summed E-state index contributed by atoms with van der Waals surface area (Å²) in [6.45, 7) is 9.08. The molecule has 2 saturated heterocycles. The SMILES string of the molecule is CC(=O)N1CCSC12CN(C(=O)OC(C)(C)C)C2. The molecule has 2 fully saturated rings. The quantitative estimate of drug-likeness (QED) is 0.671. The average molecular weight is 272 g/mol. The summed E-state index contributed by atoms with van der Waals surface area (Å²) in [5.74, 6) is 1.03. The lowest BCUT2D eigenvalue weighted by atomic mass is 10.1. The molecule has 18 heavy (non-hydrogen) atoms. The van der Waals surface area contributed by atoms with Crippen molar-refractivity contribution in [2.75, 3.05) is 25.4 Å². The van der Waals surface area contributed by atoms with E-state index in [1.807, 2.05) is 25.7 Å². The molecule has 6 heteroatoms. The van der Waals surface area contributed by atoms with Gasteiger partial charge in [-0.1, -0.05) is 0 Å². The monoisotopic (exact) mass is 272 g/mol. The lowest BCUT2D eigenvalue weighted by molar-refractivity contribution is -0.135. The molecule has 2 amide bonds. The molecule has 2 heterocycles. The molecule has 0 aliphatic carbocycles. The Bertz CT molecular complexity index is 372. The van der Waals surface area contributed by atoms with Crippen molar-refractivity contribution in [3.63, 3.8) is 0 Å². The molecule has 2 rings (SSSR count). The van der Waals surface area contributed by atoms with Crippen molar-refractivity contribution in [1.29, 1.82) is 0 Å². The normalized spacial score (nSPS) is 22.0. The Kier molecular flexibility index (Phi) is 3.25. The zero-order chi connectivity index (χ0) is 13.6. The molecule has 0 atom stereocenters. The van der Waals surface area contributed by atoms with E-state index in [4.69, 9.17) is 4.74 Å². The fourth-order valence-electron chi connectivity index (χ4n) is 2.32. The maximum atomic E-state index is 11.8. The molecule has 0 radical (unpaired) electrons. The summed E-state index contributed by atoms with van der Waals surface area (Å²) in [4.78, 5) is 26.7. The lowest BCUT2D eigenvalue weighted by Gasteiger charge is -2.51. The van der Waals surface area contributed by atoms with Gasteiger partial charge in [0.15, 0.2) is 0 Å². The summed E-state index contributed by atoms with van der Waals surface area (Å²) in [5, 5.41) is 0. The highest BCUT2D eigenvalue weighted by molar-refractivity contribution is 8.01. The lowest BCUT2D eigenvalue weighted by Crippen LogP contribution is -2.68. The van der Waals surface area contributed by atoms with Gasteiger partial charge >= 0.3 is 6.09 Å². The van der Waals surface area contributed by atoms with E-state index >= 15 is 0 Å². The highest BCUT2D eigenvalue weighted by Gasteiger charge is 2.54. The molecule has 0 N–H and O–H groups in total. The van der Waals surface area contributed by atoms with Gasteiger partial charge in [-0.3, -0.25) is 4.79 Å². The minimum atomic E-state index is -0.469. The van der Waals surface area contributed by atoms with Crippen LogP contribution in [0.5, 0.6) is 0 Å². The van der Waals surface area contributed by atoms with Gasteiger partial charge in [-0.25, -0.2) is 4.79 Å². The summed E-state index contributed by atoms with van der Waals surface area (Å²) in [6.07, 6.45) is -0.288. The molecule has 102 valence electrons. The van der Waals surface area contributed by atoms with Crippen LogP contribution in [0.3, 0.4) is 0 Å². The third-order valence-electron chi connectivity index (χ3n) is 3.09.